The van der Waals surface area contributed by atoms with E-state index in [0.717, 1.165) is 19.3 Å². The summed E-state index contributed by atoms with van der Waals surface area (Å²) in [6.07, 6.45) is 2.81. The van der Waals surface area contributed by atoms with Gasteiger partial charge in [-0.1, -0.05) is 0 Å². The summed E-state index contributed by atoms with van der Waals surface area (Å²) in [5.74, 6) is -0.0650. The first-order chi connectivity index (χ1) is 15.7. The van der Waals surface area contributed by atoms with Crippen LogP contribution in [0.25, 0.3) is 0 Å². The Bertz CT molecular complexity index is 1000. The standard InChI is InChI=1S/C23H32N2O7S/c1-15-6-4-7-16(2)25(15)22(26)17(3)32-23(27)19-8-5-11-24(19)33(28,29)18-9-10-20-21(14-18)31-13-12-30-20/h9-10,14-17,19H,4-8,11-13H2,1-3H3/t15-,16-,17+,19+/m1/s1. The van der Waals surface area contributed by atoms with E-state index in [2.05, 4.69) is 0 Å². The normalized spacial score (nSPS) is 26.6. The van der Waals surface area contributed by atoms with Gasteiger partial charge in [-0.2, -0.15) is 4.31 Å². The summed E-state index contributed by atoms with van der Waals surface area (Å²) < 4.78 is 44.3. The first-order valence-corrected chi connectivity index (χ1v) is 13.1. The molecule has 0 aromatic heterocycles. The van der Waals surface area contributed by atoms with E-state index in [1.165, 1.54) is 16.4 Å². The number of piperidine rings is 1. The van der Waals surface area contributed by atoms with Crippen LogP contribution < -0.4 is 9.47 Å². The fourth-order valence-corrected chi connectivity index (χ4v) is 6.61. The van der Waals surface area contributed by atoms with E-state index in [1.807, 2.05) is 13.8 Å². The van der Waals surface area contributed by atoms with Crippen molar-refractivity contribution >= 4 is 21.9 Å². The maximum Gasteiger partial charge on any atom is 0.325 e. The van der Waals surface area contributed by atoms with Crippen molar-refractivity contribution in [2.75, 3.05) is 19.8 Å². The molecule has 4 rings (SSSR count). The van der Waals surface area contributed by atoms with Crippen LogP contribution in [0.3, 0.4) is 0 Å². The third-order valence-electron chi connectivity index (χ3n) is 6.68. The van der Waals surface area contributed by atoms with Crippen molar-refractivity contribution in [1.29, 1.82) is 0 Å². The molecule has 1 aromatic carbocycles. The minimum Gasteiger partial charge on any atom is -0.486 e. The molecule has 9 nitrogen and oxygen atoms in total. The fourth-order valence-electron chi connectivity index (χ4n) is 4.95. The lowest BCUT2D eigenvalue weighted by atomic mass is 9.97. The first-order valence-electron chi connectivity index (χ1n) is 11.6. The Labute approximate surface area is 195 Å². The summed E-state index contributed by atoms with van der Waals surface area (Å²) in [7, 11) is -3.96. The van der Waals surface area contributed by atoms with E-state index in [0.29, 0.717) is 37.6 Å². The molecule has 2 fully saturated rings. The number of carbonyl (C=O) groups is 2. The van der Waals surface area contributed by atoms with Crippen molar-refractivity contribution in [3.8, 4) is 11.5 Å². The van der Waals surface area contributed by atoms with Crippen LogP contribution in [-0.2, 0) is 24.3 Å². The minimum absolute atomic E-state index is 0.0338. The minimum atomic E-state index is -3.96. The van der Waals surface area contributed by atoms with E-state index in [1.54, 1.807) is 17.9 Å². The van der Waals surface area contributed by atoms with Crippen molar-refractivity contribution in [2.45, 2.75) is 82.0 Å². The van der Waals surface area contributed by atoms with Crippen LogP contribution in [0.15, 0.2) is 23.1 Å². The largest absolute Gasteiger partial charge is 0.486 e. The molecule has 0 unspecified atom stereocenters. The Morgan fingerprint density at radius 1 is 1.03 bits per heavy atom. The van der Waals surface area contributed by atoms with Crippen molar-refractivity contribution in [2.24, 2.45) is 0 Å². The highest BCUT2D eigenvalue weighted by Crippen LogP contribution is 2.35. The molecule has 10 heteroatoms. The van der Waals surface area contributed by atoms with Gasteiger partial charge < -0.3 is 19.1 Å². The molecule has 0 radical (unpaired) electrons. The summed E-state index contributed by atoms with van der Waals surface area (Å²) in [6.45, 7) is 6.52. The number of likely N-dealkylation sites (tertiary alicyclic amines) is 1. The Morgan fingerprint density at radius 2 is 1.70 bits per heavy atom. The number of hydrogen-bond donors (Lipinski definition) is 0. The average molecular weight is 481 g/mol. The van der Waals surface area contributed by atoms with E-state index in [9.17, 15) is 18.0 Å². The molecule has 0 spiro atoms. The Balaban J connectivity index is 1.47. The van der Waals surface area contributed by atoms with Gasteiger partial charge in [-0.15, -0.1) is 0 Å². The van der Waals surface area contributed by atoms with Crippen LogP contribution in [0, 0.1) is 0 Å². The fraction of sp³-hybridized carbons (Fsp3) is 0.652. The van der Waals surface area contributed by atoms with E-state index in [-0.39, 0.29) is 29.4 Å². The Hall–Kier alpha value is -2.33. The lowest BCUT2D eigenvalue weighted by molar-refractivity contribution is -0.164. The van der Waals surface area contributed by atoms with Crippen molar-refractivity contribution in [3.63, 3.8) is 0 Å². The molecule has 182 valence electrons. The van der Waals surface area contributed by atoms with Crippen LogP contribution in [0.2, 0.25) is 0 Å². The van der Waals surface area contributed by atoms with Gasteiger partial charge in [0.2, 0.25) is 10.0 Å². The number of hydrogen-bond acceptors (Lipinski definition) is 7. The first kappa shape index (κ1) is 23.8. The lowest BCUT2D eigenvalue weighted by Crippen LogP contribution is -2.52. The Kier molecular flexibility index (Phi) is 6.86. The summed E-state index contributed by atoms with van der Waals surface area (Å²) in [6, 6.07) is 3.65. The van der Waals surface area contributed by atoms with Gasteiger partial charge in [0.15, 0.2) is 17.6 Å². The maximum absolute atomic E-state index is 13.3. The van der Waals surface area contributed by atoms with Crippen LogP contribution in [0.5, 0.6) is 11.5 Å². The molecule has 1 amide bonds. The number of benzene rings is 1. The van der Waals surface area contributed by atoms with Gasteiger partial charge in [-0.25, -0.2) is 8.42 Å². The predicted molar refractivity (Wildman–Crippen MR) is 120 cm³/mol. The molecule has 3 heterocycles. The van der Waals surface area contributed by atoms with Crippen LogP contribution in [-0.4, -0.2) is 73.5 Å². The second-order valence-corrected chi connectivity index (χ2v) is 10.9. The molecule has 33 heavy (non-hydrogen) atoms. The zero-order valence-corrected chi connectivity index (χ0v) is 20.2. The van der Waals surface area contributed by atoms with Gasteiger partial charge in [-0.3, -0.25) is 9.59 Å². The van der Waals surface area contributed by atoms with E-state index >= 15 is 0 Å². The Morgan fingerprint density at radius 3 is 2.39 bits per heavy atom. The summed E-state index contributed by atoms with van der Waals surface area (Å²) in [5, 5.41) is 0. The molecule has 0 bridgehead atoms. The number of esters is 1. The second kappa shape index (κ2) is 9.50. The SMILES string of the molecule is C[C@H](OC(=O)[C@@H]1CCCN1S(=O)(=O)c1ccc2c(c1)OCCO2)C(=O)N1[C@H](C)CCC[C@H]1C. The molecule has 3 aliphatic rings. The number of carbonyl (C=O) groups excluding carboxylic acids is 2. The maximum atomic E-state index is 13.3. The average Bonchev–Trinajstić information content (AvgIpc) is 3.29. The van der Waals surface area contributed by atoms with Crippen molar-refractivity contribution < 1.29 is 32.2 Å². The molecule has 0 saturated carbocycles. The number of fused-ring (bicyclic) bond motifs is 1. The highest BCUT2D eigenvalue weighted by molar-refractivity contribution is 7.89. The summed E-state index contributed by atoms with van der Waals surface area (Å²) in [4.78, 5) is 27.8. The highest BCUT2D eigenvalue weighted by atomic mass is 32.2. The van der Waals surface area contributed by atoms with Gasteiger partial charge >= 0.3 is 5.97 Å². The van der Waals surface area contributed by atoms with Crippen molar-refractivity contribution in [1.82, 2.24) is 9.21 Å². The lowest BCUT2D eigenvalue weighted by Gasteiger charge is -2.40. The van der Waals surface area contributed by atoms with E-state index < -0.39 is 28.1 Å². The molecule has 2 saturated heterocycles. The summed E-state index contributed by atoms with van der Waals surface area (Å²) in [5.41, 5.74) is 0. The van der Waals surface area contributed by atoms with E-state index in [4.69, 9.17) is 14.2 Å². The van der Waals surface area contributed by atoms with Crippen LogP contribution in [0.4, 0.5) is 0 Å². The van der Waals surface area contributed by atoms with Gasteiger partial charge in [0, 0.05) is 24.7 Å². The monoisotopic (exact) mass is 480 g/mol. The zero-order valence-electron chi connectivity index (χ0n) is 19.4. The smallest absolute Gasteiger partial charge is 0.325 e. The van der Waals surface area contributed by atoms with Crippen LogP contribution in [0.1, 0.15) is 52.9 Å². The third-order valence-corrected chi connectivity index (χ3v) is 8.59. The molecule has 0 N–H and O–H groups in total. The van der Waals surface area contributed by atoms with Gasteiger partial charge in [0.25, 0.3) is 5.91 Å². The molecular formula is C23H32N2O7S. The zero-order chi connectivity index (χ0) is 23.8. The number of amides is 1. The molecule has 1 aromatic rings. The molecule has 3 aliphatic heterocycles. The third kappa shape index (κ3) is 4.68. The van der Waals surface area contributed by atoms with Gasteiger partial charge in [0.05, 0.1) is 4.90 Å². The van der Waals surface area contributed by atoms with Gasteiger partial charge in [0.1, 0.15) is 19.3 Å². The molecule has 4 atom stereocenters. The number of sulfonamides is 1. The number of nitrogens with zero attached hydrogens (tertiary/aromatic N) is 2. The number of ether oxygens (including phenoxy) is 3. The number of rotatable bonds is 5. The quantitative estimate of drug-likeness (QED) is 0.596. The van der Waals surface area contributed by atoms with Crippen molar-refractivity contribution in [3.05, 3.63) is 18.2 Å². The molecular weight excluding hydrogens is 448 g/mol. The topological polar surface area (TPSA) is 102 Å². The molecule has 0 aliphatic carbocycles. The van der Waals surface area contributed by atoms with Gasteiger partial charge in [-0.05, 0) is 65.0 Å². The predicted octanol–water partition coefficient (Wildman–Crippen LogP) is 2.33. The second-order valence-electron chi connectivity index (χ2n) is 9.03. The highest BCUT2D eigenvalue weighted by Gasteiger charge is 2.42. The van der Waals surface area contributed by atoms with Crippen LogP contribution >= 0.6 is 0 Å². The summed E-state index contributed by atoms with van der Waals surface area (Å²) >= 11 is 0.